The van der Waals surface area contributed by atoms with Crippen LogP contribution < -0.4 is 0 Å². The van der Waals surface area contributed by atoms with Crippen molar-refractivity contribution in [3.05, 3.63) is 0 Å². The zero-order valence-electron chi connectivity index (χ0n) is 16.1. The highest BCUT2D eigenvalue weighted by Gasteiger charge is 2.76. The fourth-order valence-corrected chi connectivity index (χ4v) is 8.32. The van der Waals surface area contributed by atoms with Crippen molar-refractivity contribution in [1.82, 2.24) is 0 Å². The van der Waals surface area contributed by atoms with Gasteiger partial charge in [-0.15, -0.1) is 0 Å². The maximum absolute atomic E-state index is 12.9. The summed E-state index contributed by atoms with van der Waals surface area (Å²) in [6, 6.07) is 0. The van der Waals surface area contributed by atoms with Gasteiger partial charge in [0.05, 0.1) is 11.5 Å². The van der Waals surface area contributed by atoms with Gasteiger partial charge in [0.2, 0.25) is 0 Å². The van der Waals surface area contributed by atoms with E-state index in [-0.39, 0.29) is 23.1 Å². The Morgan fingerprint density at radius 1 is 1.20 bits per heavy atom. The summed E-state index contributed by atoms with van der Waals surface area (Å²) in [6.07, 6.45) is 9.49. The smallest absolute Gasteiger partial charge is 0.309 e. The summed E-state index contributed by atoms with van der Waals surface area (Å²) in [5, 5.41) is 10.7. The molecule has 0 aromatic rings. The Hall–Kier alpha value is -0.570. The molecule has 0 aromatic carbocycles. The lowest BCUT2D eigenvalue weighted by atomic mass is 9.29. The Morgan fingerprint density at radius 3 is 2.64 bits per heavy atom. The number of hydrogen-bond donors (Lipinski definition) is 1. The number of hydrogen-bond acceptors (Lipinski definition) is 3. The van der Waals surface area contributed by atoms with Crippen molar-refractivity contribution < 1.29 is 14.6 Å². The molecule has 0 radical (unpaired) electrons. The van der Waals surface area contributed by atoms with Gasteiger partial charge in [0.1, 0.15) is 5.60 Å². The van der Waals surface area contributed by atoms with Gasteiger partial charge >= 0.3 is 5.97 Å². The molecule has 0 amide bonds. The van der Waals surface area contributed by atoms with Gasteiger partial charge in [-0.3, -0.25) is 4.79 Å². The summed E-state index contributed by atoms with van der Waals surface area (Å²) >= 11 is 0. The van der Waals surface area contributed by atoms with Crippen molar-refractivity contribution in [1.29, 1.82) is 0 Å². The van der Waals surface area contributed by atoms with Crippen LogP contribution in [-0.4, -0.2) is 22.3 Å². The number of rotatable bonds is 5. The Morgan fingerprint density at radius 2 is 1.96 bits per heavy atom. The molecule has 7 aliphatic rings. The third-order valence-electron chi connectivity index (χ3n) is 8.94. The van der Waals surface area contributed by atoms with E-state index in [1.807, 2.05) is 0 Å². The molecule has 3 heteroatoms. The first-order chi connectivity index (χ1) is 11.8. The summed E-state index contributed by atoms with van der Waals surface area (Å²) in [5.74, 6) is 3.49. The van der Waals surface area contributed by atoms with Crippen molar-refractivity contribution >= 4 is 5.97 Å². The summed E-state index contributed by atoms with van der Waals surface area (Å²) in [6.45, 7) is 6.50. The van der Waals surface area contributed by atoms with Crippen LogP contribution in [0.15, 0.2) is 0 Å². The fraction of sp³-hybridized carbons (Fsp3) is 0.955. The molecule has 7 saturated carbocycles. The zero-order chi connectivity index (χ0) is 17.6. The minimum Gasteiger partial charge on any atom is -0.459 e. The third-order valence-corrected chi connectivity index (χ3v) is 8.94. The Labute approximate surface area is 151 Å². The first-order valence-electron chi connectivity index (χ1n) is 10.7. The molecule has 0 aliphatic heterocycles. The van der Waals surface area contributed by atoms with E-state index in [1.165, 1.54) is 6.42 Å². The van der Waals surface area contributed by atoms with Gasteiger partial charge in [0.25, 0.3) is 0 Å². The molecule has 0 aromatic heterocycles. The second-order valence-corrected chi connectivity index (χ2v) is 10.9. The molecule has 6 atom stereocenters. The van der Waals surface area contributed by atoms with Crippen molar-refractivity contribution in [2.75, 3.05) is 0 Å². The molecule has 5 unspecified atom stereocenters. The van der Waals surface area contributed by atoms with Crippen molar-refractivity contribution in [3.8, 4) is 0 Å². The minimum absolute atomic E-state index is 0.0689. The minimum atomic E-state index is -0.337. The van der Waals surface area contributed by atoms with Gasteiger partial charge in [-0.05, 0) is 92.8 Å². The lowest BCUT2D eigenvalue weighted by Crippen LogP contribution is -2.75. The molecule has 7 fully saturated rings. The second-order valence-electron chi connectivity index (χ2n) is 10.9. The van der Waals surface area contributed by atoms with E-state index in [4.69, 9.17) is 4.74 Å². The maximum atomic E-state index is 12.9. The number of carbonyl (C=O) groups excluding carboxylic acids is 1. The first-order valence-corrected chi connectivity index (χ1v) is 10.7. The van der Waals surface area contributed by atoms with Crippen molar-refractivity contribution in [2.45, 2.75) is 89.8 Å². The molecule has 1 N–H and O–H groups in total. The van der Waals surface area contributed by atoms with E-state index < -0.39 is 0 Å². The molecular weight excluding hydrogens is 312 g/mol. The van der Waals surface area contributed by atoms with Crippen LogP contribution in [0.25, 0.3) is 0 Å². The number of carbonyl (C=O) groups is 1. The van der Waals surface area contributed by atoms with Gasteiger partial charge in [-0.25, -0.2) is 0 Å². The highest BCUT2D eigenvalue weighted by molar-refractivity contribution is 5.73. The standard InChI is InChI=1S/C22H34O3/c1-4-14(5-13(2)3)19(23)25-21-7-15-6-16(8-21)22-11-20(24,12-22)9-17(15)18(22)10-21/h13-18,24H,4-12H2,1-3H3/t14?,15-,16?,17?,18?,20?,21?,22?/m1/s1. The first kappa shape index (κ1) is 16.6. The predicted molar refractivity (Wildman–Crippen MR) is 95.7 cm³/mol. The molecule has 7 aliphatic carbocycles. The van der Waals surface area contributed by atoms with Crippen LogP contribution in [0.1, 0.15) is 78.6 Å². The molecule has 7 rings (SSSR count). The molecule has 7 bridgehead atoms. The maximum Gasteiger partial charge on any atom is 0.309 e. The summed E-state index contributed by atoms with van der Waals surface area (Å²) in [7, 11) is 0. The van der Waals surface area contributed by atoms with E-state index in [0.717, 1.165) is 51.4 Å². The van der Waals surface area contributed by atoms with Gasteiger partial charge in [-0.2, -0.15) is 0 Å². The Kier molecular flexibility index (Phi) is 3.34. The van der Waals surface area contributed by atoms with Crippen LogP contribution in [0.3, 0.4) is 0 Å². The molecular formula is C22H34O3. The van der Waals surface area contributed by atoms with Crippen LogP contribution in [0, 0.1) is 40.9 Å². The van der Waals surface area contributed by atoms with Gasteiger partial charge in [0.15, 0.2) is 0 Å². The molecule has 25 heavy (non-hydrogen) atoms. The molecule has 3 nitrogen and oxygen atoms in total. The Balaban J connectivity index is 1.36. The normalized spacial score (nSPS) is 52.8. The topological polar surface area (TPSA) is 46.5 Å². The van der Waals surface area contributed by atoms with E-state index in [9.17, 15) is 9.90 Å². The summed E-state index contributed by atoms with van der Waals surface area (Å²) in [4.78, 5) is 12.9. The highest BCUT2D eigenvalue weighted by Crippen LogP contribution is 2.78. The molecule has 1 spiro atoms. The van der Waals surface area contributed by atoms with Crippen LogP contribution in [0.5, 0.6) is 0 Å². The van der Waals surface area contributed by atoms with Crippen LogP contribution >= 0.6 is 0 Å². The van der Waals surface area contributed by atoms with E-state index in [1.54, 1.807) is 0 Å². The predicted octanol–water partition coefficient (Wildman–Crippen LogP) is 4.32. The second kappa shape index (κ2) is 5.03. The van der Waals surface area contributed by atoms with E-state index in [0.29, 0.717) is 35.0 Å². The van der Waals surface area contributed by atoms with Gasteiger partial charge < -0.3 is 9.84 Å². The highest BCUT2D eigenvalue weighted by atomic mass is 16.6. The van der Waals surface area contributed by atoms with E-state index in [2.05, 4.69) is 20.8 Å². The lowest BCUT2D eigenvalue weighted by Gasteiger charge is -2.77. The summed E-state index contributed by atoms with van der Waals surface area (Å²) < 4.78 is 6.36. The van der Waals surface area contributed by atoms with E-state index >= 15 is 0 Å². The summed E-state index contributed by atoms with van der Waals surface area (Å²) in [5.41, 5.74) is -0.0875. The largest absolute Gasteiger partial charge is 0.459 e. The quantitative estimate of drug-likeness (QED) is 0.754. The van der Waals surface area contributed by atoms with Gasteiger partial charge in [0, 0.05) is 0 Å². The molecule has 0 saturated heterocycles. The monoisotopic (exact) mass is 346 g/mol. The fourth-order valence-electron chi connectivity index (χ4n) is 8.32. The number of aliphatic hydroxyl groups is 1. The van der Waals surface area contributed by atoms with Crippen LogP contribution in [-0.2, 0) is 9.53 Å². The lowest BCUT2D eigenvalue weighted by molar-refractivity contribution is -0.332. The zero-order valence-corrected chi connectivity index (χ0v) is 16.1. The van der Waals surface area contributed by atoms with Crippen LogP contribution in [0.2, 0.25) is 0 Å². The third kappa shape index (κ3) is 2.17. The van der Waals surface area contributed by atoms with Gasteiger partial charge in [-0.1, -0.05) is 20.8 Å². The van der Waals surface area contributed by atoms with Crippen molar-refractivity contribution in [3.63, 3.8) is 0 Å². The average molecular weight is 347 g/mol. The Bertz CT molecular complexity index is 585. The number of esters is 1. The molecule has 0 heterocycles. The SMILES string of the molecule is CCC(CC(C)C)C(=O)OC12CC3C[C@H](C1)C1CC4(O)CC3(C4)C1C2. The molecule has 140 valence electrons. The average Bonchev–Trinajstić information content (AvgIpc) is 2.50. The van der Waals surface area contributed by atoms with Crippen LogP contribution in [0.4, 0.5) is 0 Å². The van der Waals surface area contributed by atoms with Crippen molar-refractivity contribution in [2.24, 2.45) is 40.9 Å². The number of ether oxygens (including phenoxy) is 1.